The molecule has 6 heteroatoms. The Balaban J connectivity index is 1.53. The molecule has 0 aliphatic rings. The van der Waals surface area contributed by atoms with Gasteiger partial charge in [0.05, 0.1) is 17.6 Å². The largest absolute Gasteiger partial charge is 0.464 e. The van der Waals surface area contributed by atoms with Crippen LogP contribution in [0, 0.1) is 0 Å². The van der Waals surface area contributed by atoms with Gasteiger partial charge in [-0.2, -0.15) is 11.3 Å². The van der Waals surface area contributed by atoms with Crippen molar-refractivity contribution in [3.05, 3.63) is 57.8 Å². The number of carbonyl (C=O) groups is 1. The Labute approximate surface area is 136 Å². The third-order valence-electron chi connectivity index (χ3n) is 3.16. The van der Waals surface area contributed by atoms with Gasteiger partial charge in [-0.05, 0) is 46.7 Å². The summed E-state index contributed by atoms with van der Waals surface area (Å²) in [4.78, 5) is 13.6. The number of thiophene rings is 2. The van der Waals surface area contributed by atoms with E-state index in [-0.39, 0.29) is 12.5 Å². The number of hydrogen-bond donors (Lipinski definition) is 2. The predicted molar refractivity (Wildman–Crippen MR) is 88.0 cm³/mol. The van der Waals surface area contributed by atoms with Crippen molar-refractivity contribution in [1.82, 2.24) is 5.32 Å². The van der Waals surface area contributed by atoms with Crippen LogP contribution >= 0.6 is 22.7 Å². The third-order valence-corrected chi connectivity index (χ3v) is 5.09. The van der Waals surface area contributed by atoms with Crippen LogP contribution < -0.4 is 5.32 Å². The summed E-state index contributed by atoms with van der Waals surface area (Å²) in [6.45, 7) is 0.209. The quantitative estimate of drug-likeness (QED) is 0.726. The zero-order chi connectivity index (χ0) is 15.4. The topological polar surface area (TPSA) is 62.5 Å². The molecule has 114 valence electrons. The van der Waals surface area contributed by atoms with E-state index in [2.05, 4.69) is 5.32 Å². The zero-order valence-electron chi connectivity index (χ0n) is 11.7. The van der Waals surface area contributed by atoms with E-state index in [4.69, 9.17) is 4.42 Å². The van der Waals surface area contributed by atoms with Gasteiger partial charge in [0.15, 0.2) is 0 Å². The highest BCUT2D eigenvalue weighted by molar-refractivity contribution is 7.15. The molecule has 3 rings (SSSR count). The van der Waals surface area contributed by atoms with E-state index in [0.29, 0.717) is 6.42 Å². The van der Waals surface area contributed by atoms with Gasteiger partial charge < -0.3 is 14.8 Å². The Bertz CT molecular complexity index is 717. The van der Waals surface area contributed by atoms with Crippen LogP contribution in [0.3, 0.4) is 0 Å². The van der Waals surface area contributed by atoms with Gasteiger partial charge in [0, 0.05) is 11.4 Å². The molecule has 0 aliphatic heterocycles. The molecule has 22 heavy (non-hydrogen) atoms. The minimum absolute atomic E-state index is 0.0831. The van der Waals surface area contributed by atoms with E-state index in [9.17, 15) is 9.90 Å². The molecule has 0 radical (unpaired) electrons. The van der Waals surface area contributed by atoms with Gasteiger partial charge in [-0.15, -0.1) is 11.3 Å². The molecule has 0 aromatic carbocycles. The lowest BCUT2D eigenvalue weighted by Crippen LogP contribution is -2.29. The van der Waals surface area contributed by atoms with E-state index in [1.54, 1.807) is 17.6 Å². The fourth-order valence-electron chi connectivity index (χ4n) is 2.04. The summed E-state index contributed by atoms with van der Waals surface area (Å²) in [7, 11) is 0. The lowest BCUT2D eigenvalue weighted by Gasteiger charge is -2.09. The molecule has 2 N–H and O–H groups in total. The highest BCUT2D eigenvalue weighted by atomic mass is 32.1. The van der Waals surface area contributed by atoms with Gasteiger partial charge in [0.25, 0.3) is 0 Å². The van der Waals surface area contributed by atoms with Crippen molar-refractivity contribution in [3.63, 3.8) is 0 Å². The number of aliphatic hydroxyl groups is 1. The standard InChI is InChI=1S/C16H15NO3S2/c18-12(9-17-16(19)8-11-5-7-21-10-11)14-3-4-15(22-14)13-2-1-6-20-13/h1-7,10,12,18H,8-9H2,(H,17,19). The first-order valence-electron chi connectivity index (χ1n) is 6.82. The molecule has 3 aromatic heterocycles. The van der Waals surface area contributed by atoms with Gasteiger partial charge in [-0.25, -0.2) is 0 Å². The molecule has 3 aromatic rings. The Morgan fingerprint density at radius 3 is 2.95 bits per heavy atom. The Morgan fingerprint density at radius 1 is 1.32 bits per heavy atom. The maximum atomic E-state index is 11.8. The molecule has 0 aliphatic carbocycles. The lowest BCUT2D eigenvalue weighted by molar-refractivity contribution is -0.120. The van der Waals surface area contributed by atoms with Crippen molar-refractivity contribution in [2.75, 3.05) is 6.54 Å². The van der Waals surface area contributed by atoms with Gasteiger partial charge in [0.2, 0.25) is 5.91 Å². The van der Waals surface area contributed by atoms with Gasteiger partial charge in [-0.3, -0.25) is 4.79 Å². The normalized spacial score (nSPS) is 12.2. The predicted octanol–water partition coefficient (Wildman–Crippen LogP) is 3.46. The first-order valence-corrected chi connectivity index (χ1v) is 8.58. The van der Waals surface area contributed by atoms with Crippen LogP contribution in [-0.4, -0.2) is 17.6 Å². The average molecular weight is 333 g/mol. The summed E-state index contributed by atoms with van der Waals surface area (Å²) >= 11 is 3.03. The van der Waals surface area contributed by atoms with Crippen LogP contribution in [0.25, 0.3) is 10.6 Å². The summed E-state index contributed by atoms with van der Waals surface area (Å²) in [5.41, 5.74) is 0.994. The highest BCUT2D eigenvalue weighted by Crippen LogP contribution is 2.31. The smallest absolute Gasteiger partial charge is 0.224 e. The van der Waals surface area contributed by atoms with Crippen LogP contribution in [0.5, 0.6) is 0 Å². The second kappa shape index (κ2) is 6.91. The number of amides is 1. The van der Waals surface area contributed by atoms with Crippen LogP contribution in [0.1, 0.15) is 16.5 Å². The summed E-state index contributed by atoms with van der Waals surface area (Å²) in [5, 5.41) is 16.8. The molecule has 1 atom stereocenters. The maximum Gasteiger partial charge on any atom is 0.224 e. The number of nitrogens with one attached hydrogen (secondary N) is 1. The molecule has 0 saturated carbocycles. The van der Waals surface area contributed by atoms with Crippen molar-refractivity contribution in [2.24, 2.45) is 0 Å². The minimum atomic E-state index is -0.708. The molecule has 0 bridgehead atoms. The molecule has 1 amide bonds. The molecule has 1 unspecified atom stereocenters. The number of hydrogen-bond acceptors (Lipinski definition) is 5. The van der Waals surface area contributed by atoms with Crippen molar-refractivity contribution in [1.29, 1.82) is 0 Å². The molecular formula is C16H15NO3S2. The number of rotatable bonds is 6. The summed E-state index contributed by atoms with van der Waals surface area (Å²) < 4.78 is 5.33. The van der Waals surface area contributed by atoms with E-state index in [0.717, 1.165) is 21.1 Å². The number of furan rings is 1. The van der Waals surface area contributed by atoms with Gasteiger partial charge >= 0.3 is 0 Å². The zero-order valence-corrected chi connectivity index (χ0v) is 13.3. The van der Waals surface area contributed by atoms with E-state index >= 15 is 0 Å². The number of aliphatic hydroxyl groups excluding tert-OH is 1. The van der Waals surface area contributed by atoms with Crippen LogP contribution in [0.2, 0.25) is 0 Å². The second-order valence-electron chi connectivity index (χ2n) is 4.81. The molecular weight excluding hydrogens is 318 g/mol. The van der Waals surface area contributed by atoms with E-state index < -0.39 is 6.10 Å². The van der Waals surface area contributed by atoms with Crippen LogP contribution in [0.4, 0.5) is 0 Å². The summed E-state index contributed by atoms with van der Waals surface area (Å²) in [6, 6.07) is 9.41. The summed E-state index contributed by atoms with van der Waals surface area (Å²) in [5.74, 6) is 0.699. The molecule has 3 heterocycles. The maximum absolute atomic E-state index is 11.8. The van der Waals surface area contributed by atoms with Crippen molar-refractivity contribution in [2.45, 2.75) is 12.5 Å². The highest BCUT2D eigenvalue weighted by Gasteiger charge is 2.14. The molecule has 4 nitrogen and oxygen atoms in total. The SMILES string of the molecule is O=C(Cc1ccsc1)NCC(O)c1ccc(-c2ccco2)s1. The van der Waals surface area contributed by atoms with E-state index in [1.165, 1.54) is 11.3 Å². The van der Waals surface area contributed by atoms with Gasteiger partial charge in [0.1, 0.15) is 11.9 Å². The first kappa shape index (κ1) is 15.0. The van der Waals surface area contributed by atoms with Crippen LogP contribution in [-0.2, 0) is 11.2 Å². The van der Waals surface area contributed by atoms with E-state index in [1.807, 2.05) is 41.1 Å². The monoisotopic (exact) mass is 333 g/mol. The summed E-state index contributed by atoms with van der Waals surface area (Å²) in [6.07, 6.45) is 1.26. The van der Waals surface area contributed by atoms with Crippen molar-refractivity contribution in [3.8, 4) is 10.6 Å². The van der Waals surface area contributed by atoms with Gasteiger partial charge in [-0.1, -0.05) is 0 Å². The Hall–Kier alpha value is -1.89. The average Bonchev–Trinajstić information content (AvgIpc) is 3.23. The van der Waals surface area contributed by atoms with Crippen molar-refractivity contribution >= 4 is 28.6 Å². The molecule has 0 saturated heterocycles. The Kier molecular flexibility index (Phi) is 4.72. The molecule has 0 spiro atoms. The minimum Gasteiger partial charge on any atom is -0.464 e. The third kappa shape index (κ3) is 3.65. The lowest BCUT2D eigenvalue weighted by atomic mass is 10.2. The fraction of sp³-hybridized carbons (Fsp3) is 0.188. The molecule has 0 fully saturated rings. The van der Waals surface area contributed by atoms with Crippen LogP contribution in [0.15, 0.2) is 51.8 Å². The van der Waals surface area contributed by atoms with Crippen molar-refractivity contribution < 1.29 is 14.3 Å². The fourth-order valence-corrected chi connectivity index (χ4v) is 3.67. The second-order valence-corrected chi connectivity index (χ2v) is 6.70. The Morgan fingerprint density at radius 2 is 2.23 bits per heavy atom. The number of carbonyl (C=O) groups excluding carboxylic acids is 1. The first-order chi connectivity index (χ1) is 10.7.